The summed E-state index contributed by atoms with van der Waals surface area (Å²) in [5, 5.41) is 15.3. The molecule has 1 saturated heterocycles. The lowest BCUT2D eigenvalue weighted by atomic mass is 9.97. The third-order valence-corrected chi connectivity index (χ3v) is 5.51. The van der Waals surface area contributed by atoms with E-state index in [0.29, 0.717) is 6.54 Å². The van der Waals surface area contributed by atoms with Gasteiger partial charge in [-0.15, -0.1) is 10.2 Å². The molecule has 2 heterocycles. The van der Waals surface area contributed by atoms with Gasteiger partial charge in [-0.2, -0.15) is 0 Å². The molecule has 1 aromatic rings. The Labute approximate surface area is 168 Å². The number of guanidine groups is 1. The van der Waals surface area contributed by atoms with Gasteiger partial charge in [-0.25, -0.2) is 4.99 Å². The fraction of sp³-hybridized carbons (Fsp3) is 0.750. The molecule has 8 nitrogen and oxygen atoms in total. The molecule has 2 N–H and O–H groups in total. The topological polar surface area (TPSA) is 79.6 Å². The highest BCUT2D eigenvalue weighted by Crippen LogP contribution is 2.19. The summed E-state index contributed by atoms with van der Waals surface area (Å²) in [6.07, 6.45) is 8.65. The van der Waals surface area contributed by atoms with Crippen molar-refractivity contribution in [3.8, 4) is 0 Å². The summed E-state index contributed by atoms with van der Waals surface area (Å²) in [4.78, 5) is 7.17. The Morgan fingerprint density at radius 3 is 2.71 bits per heavy atom. The molecule has 28 heavy (non-hydrogen) atoms. The Morgan fingerprint density at radius 1 is 1.18 bits per heavy atom. The van der Waals surface area contributed by atoms with Crippen LogP contribution >= 0.6 is 0 Å². The zero-order valence-corrected chi connectivity index (χ0v) is 17.4. The van der Waals surface area contributed by atoms with Crippen LogP contribution in [-0.2, 0) is 18.3 Å². The molecule has 156 valence electrons. The molecule has 1 aliphatic carbocycles. The average Bonchev–Trinajstić information content (AvgIpc) is 3.05. The van der Waals surface area contributed by atoms with Gasteiger partial charge in [0.15, 0.2) is 11.8 Å². The van der Waals surface area contributed by atoms with Crippen LogP contribution in [0.1, 0.15) is 43.8 Å². The highest BCUT2D eigenvalue weighted by Gasteiger charge is 2.10. The van der Waals surface area contributed by atoms with Gasteiger partial charge in [0.05, 0.1) is 13.2 Å². The summed E-state index contributed by atoms with van der Waals surface area (Å²) in [7, 11) is 1.98. The first-order valence-electron chi connectivity index (χ1n) is 10.6. The molecule has 0 atom stereocenters. The van der Waals surface area contributed by atoms with Crippen LogP contribution < -0.4 is 10.6 Å². The Kier molecular flexibility index (Phi) is 8.29. The zero-order valence-electron chi connectivity index (χ0n) is 17.4. The maximum absolute atomic E-state index is 5.42. The SMILES string of the molecule is Cc1nnc(CN=C(NCCC2=CCCCC2)NCCN2CCOCC2)n1C. The highest BCUT2D eigenvalue weighted by molar-refractivity contribution is 5.79. The van der Waals surface area contributed by atoms with E-state index in [1.807, 2.05) is 18.5 Å². The number of nitrogens with one attached hydrogen (secondary N) is 2. The van der Waals surface area contributed by atoms with Crippen LogP contribution in [0.2, 0.25) is 0 Å². The lowest BCUT2D eigenvalue weighted by Crippen LogP contribution is -2.44. The van der Waals surface area contributed by atoms with Crippen molar-refractivity contribution in [2.45, 2.75) is 45.6 Å². The van der Waals surface area contributed by atoms with Crippen molar-refractivity contribution in [2.75, 3.05) is 45.9 Å². The van der Waals surface area contributed by atoms with Gasteiger partial charge in [-0.05, 0) is 39.0 Å². The second kappa shape index (κ2) is 11.2. The van der Waals surface area contributed by atoms with Gasteiger partial charge >= 0.3 is 0 Å². The summed E-state index contributed by atoms with van der Waals surface area (Å²) >= 11 is 0. The Bertz CT molecular complexity index is 662. The first-order chi connectivity index (χ1) is 13.7. The molecule has 1 aromatic heterocycles. The van der Waals surface area contributed by atoms with Gasteiger partial charge in [0.2, 0.25) is 0 Å². The first-order valence-corrected chi connectivity index (χ1v) is 10.6. The number of hydrogen-bond donors (Lipinski definition) is 2. The molecule has 0 spiro atoms. The van der Waals surface area contributed by atoms with Gasteiger partial charge < -0.3 is 19.9 Å². The van der Waals surface area contributed by atoms with Gasteiger partial charge in [0.25, 0.3) is 0 Å². The number of hydrogen-bond acceptors (Lipinski definition) is 5. The van der Waals surface area contributed by atoms with Crippen molar-refractivity contribution < 1.29 is 4.74 Å². The molecule has 1 aliphatic heterocycles. The number of aliphatic imine (C=N–C) groups is 1. The molecule has 0 aromatic carbocycles. The van der Waals surface area contributed by atoms with E-state index in [4.69, 9.17) is 9.73 Å². The Balaban J connectivity index is 1.50. The van der Waals surface area contributed by atoms with Crippen molar-refractivity contribution in [2.24, 2.45) is 12.0 Å². The van der Waals surface area contributed by atoms with Gasteiger partial charge in [-0.1, -0.05) is 11.6 Å². The largest absolute Gasteiger partial charge is 0.379 e. The average molecular weight is 390 g/mol. The van der Waals surface area contributed by atoms with Crippen LogP contribution in [0.5, 0.6) is 0 Å². The predicted octanol–water partition coefficient (Wildman–Crippen LogP) is 1.38. The first kappa shape index (κ1) is 20.8. The van der Waals surface area contributed by atoms with E-state index < -0.39 is 0 Å². The summed E-state index contributed by atoms with van der Waals surface area (Å²) in [5.74, 6) is 2.64. The van der Waals surface area contributed by atoms with Gasteiger partial charge in [0.1, 0.15) is 12.4 Å². The normalized spacial score (nSPS) is 18.8. The molecular weight excluding hydrogens is 354 g/mol. The summed E-state index contributed by atoms with van der Waals surface area (Å²) < 4.78 is 7.41. The highest BCUT2D eigenvalue weighted by atomic mass is 16.5. The maximum Gasteiger partial charge on any atom is 0.191 e. The Hall–Kier alpha value is -1.93. The van der Waals surface area contributed by atoms with Crippen LogP contribution in [-0.4, -0.2) is 71.6 Å². The van der Waals surface area contributed by atoms with Crippen molar-refractivity contribution in [1.29, 1.82) is 0 Å². The van der Waals surface area contributed by atoms with Crippen molar-refractivity contribution >= 4 is 5.96 Å². The van der Waals surface area contributed by atoms with Gasteiger partial charge in [0, 0.05) is 39.8 Å². The molecular formula is C20H35N7O. The predicted molar refractivity (Wildman–Crippen MR) is 111 cm³/mol. The summed E-state index contributed by atoms with van der Waals surface area (Å²) in [5.41, 5.74) is 1.58. The lowest BCUT2D eigenvalue weighted by Gasteiger charge is -2.26. The number of aromatic nitrogens is 3. The summed E-state index contributed by atoms with van der Waals surface area (Å²) in [6.45, 7) is 8.93. The number of allylic oxidation sites excluding steroid dienone is 1. The number of rotatable bonds is 8. The van der Waals surface area contributed by atoms with E-state index >= 15 is 0 Å². The van der Waals surface area contributed by atoms with E-state index in [1.54, 1.807) is 5.57 Å². The van der Waals surface area contributed by atoms with Crippen LogP contribution in [0.25, 0.3) is 0 Å². The molecule has 1 fully saturated rings. The smallest absolute Gasteiger partial charge is 0.191 e. The minimum atomic E-state index is 0.521. The van der Waals surface area contributed by atoms with Gasteiger partial charge in [-0.3, -0.25) is 4.90 Å². The maximum atomic E-state index is 5.42. The van der Waals surface area contributed by atoms with Crippen molar-refractivity contribution in [3.05, 3.63) is 23.3 Å². The van der Waals surface area contributed by atoms with E-state index in [0.717, 1.165) is 70.0 Å². The molecule has 0 unspecified atom stereocenters. The quantitative estimate of drug-likeness (QED) is 0.397. The fourth-order valence-electron chi connectivity index (χ4n) is 3.54. The van der Waals surface area contributed by atoms with Crippen LogP contribution in [0.4, 0.5) is 0 Å². The van der Waals surface area contributed by atoms with Crippen molar-refractivity contribution in [3.63, 3.8) is 0 Å². The lowest BCUT2D eigenvalue weighted by molar-refractivity contribution is 0.0389. The number of nitrogens with zero attached hydrogens (tertiary/aromatic N) is 5. The molecule has 0 radical (unpaired) electrons. The second-order valence-corrected chi connectivity index (χ2v) is 7.55. The molecule has 8 heteroatoms. The molecule has 0 amide bonds. The third kappa shape index (κ3) is 6.60. The minimum absolute atomic E-state index is 0.521. The fourth-order valence-corrected chi connectivity index (χ4v) is 3.54. The van der Waals surface area contributed by atoms with Crippen LogP contribution in [0.15, 0.2) is 16.6 Å². The standard InChI is InChI=1S/C20H35N7O/c1-17-24-25-19(26(17)2)16-23-20(21-9-8-18-6-4-3-5-7-18)22-10-11-27-12-14-28-15-13-27/h6H,3-5,7-16H2,1-2H3,(H2,21,22,23). The van der Waals surface area contributed by atoms with E-state index in [2.05, 4.69) is 31.8 Å². The molecule has 3 rings (SSSR count). The second-order valence-electron chi connectivity index (χ2n) is 7.55. The Morgan fingerprint density at radius 2 is 2.00 bits per heavy atom. The number of aryl methyl sites for hydroxylation is 1. The van der Waals surface area contributed by atoms with E-state index in [9.17, 15) is 0 Å². The van der Waals surface area contributed by atoms with Crippen LogP contribution in [0, 0.1) is 6.92 Å². The van der Waals surface area contributed by atoms with Crippen molar-refractivity contribution in [1.82, 2.24) is 30.3 Å². The summed E-state index contributed by atoms with van der Waals surface area (Å²) in [6, 6.07) is 0. The monoisotopic (exact) mass is 389 g/mol. The zero-order chi connectivity index (χ0) is 19.6. The minimum Gasteiger partial charge on any atom is -0.379 e. The molecule has 0 bridgehead atoms. The third-order valence-electron chi connectivity index (χ3n) is 5.51. The number of ether oxygens (including phenoxy) is 1. The van der Waals surface area contributed by atoms with E-state index in [-0.39, 0.29) is 0 Å². The van der Waals surface area contributed by atoms with Crippen LogP contribution in [0.3, 0.4) is 0 Å². The van der Waals surface area contributed by atoms with E-state index in [1.165, 1.54) is 25.7 Å². The number of morpholine rings is 1. The molecule has 2 aliphatic rings. The molecule has 0 saturated carbocycles.